The summed E-state index contributed by atoms with van der Waals surface area (Å²) in [5.41, 5.74) is 1.17. The minimum atomic E-state index is -1.14. The van der Waals surface area contributed by atoms with Gasteiger partial charge < -0.3 is 15.3 Å². The molecule has 1 rings (SSSR count). The normalized spacial score (nSPS) is 9.84. The minimum absolute atomic E-state index is 0.0537. The number of carbonyl (C=O) groups is 2. The molecule has 0 aliphatic heterocycles. The molecule has 0 atom stereocenters. The molecule has 0 saturated carbocycles. The average molecular weight is 283 g/mol. The van der Waals surface area contributed by atoms with Gasteiger partial charge in [0.1, 0.15) is 0 Å². The minimum Gasteiger partial charge on any atom is -0.478 e. The molecule has 2 N–H and O–H groups in total. The van der Waals surface area contributed by atoms with E-state index in [0.717, 1.165) is 5.57 Å². The molecule has 1 aromatic rings. The molecule has 6 heteroatoms. The molecular formula is C13H15ClN2O3. The Balaban J connectivity index is 2.83. The van der Waals surface area contributed by atoms with Gasteiger partial charge in [-0.15, -0.1) is 0 Å². The first kappa shape index (κ1) is 15.0. The highest BCUT2D eigenvalue weighted by Gasteiger charge is 2.12. The number of benzene rings is 1. The Kier molecular flexibility index (Phi) is 4.94. The Hall–Kier alpha value is -2.01. The molecule has 0 radical (unpaired) electrons. The van der Waals surface area contributed by atoms with Crippen LogP contribution in [0.2, 0.25) is 5.02 Å². The van der Waals surface area contributed by atoms with Crippen molar-refractivity contribution in [3.8, 4) is 0 Å². The summed E-state index contributed by atoms with van der Waals surface area (Å²) in [5, 5.41) is 11.7. The second kappa shape index (κ2) is 6.24. The van der Waals surface area contributed by atoms with Crippen molar-refractivity contribution in [1.29, 1.82) is 0 Å². The highest BCUT2D eigenvalue weighted by molar-refractivity contribution is 6.33. The number of nitrogens with zero attached hydrogens (tertiary/aromatic N) is 1. The van der Waals surface area contributed by atoms with Crippen molar-refractivity contribution in [2.24, 2.45) is 0 Å². The second-order valence-electron chi connectivity index (χ2n) is 4.24. The maximum atomic E-state index is 11.8. The Morgan fingerprint density at radius 2 is 2.11 bits per heavy atom. The Morgan fingerprint density at radius 3 is 2.63 bits per heavy atom. The summed E-state index contributed by atoms with van der Waals surface area (Å²) in [7, 11) is 1.62. The summed E-state index contributed by atoms with van der Waals surface area (Å²) in [6.45, 7) is 5.95. The number of urea groups is 1. The fourth-order valence-electron chi connectivity index (χ4n) is 1.46. The van der Waals surface area contributed by atoms with Crippen molar-refractivity contribution in [2.75, 3.05) is 18.9 Å². The number of rotatable bonds is 4. The van der Waals surface area contributed by atoms with Crippen molar-refractivity contribution in [1.82, 2.24) is 4.90 Å². The molecule has 2 amide bonds. The fraction of sp³-hybridized carbons (Fsp3) is 0.231. The fourth-order valence-corrected chi connectivity index (χ4v) is 1.66. The summed E-state index contributed by atoms with van der Waals surface area (Å²) in [6.07, 6.45) is 0. The lowest BCUT2D eigenvalue weighted by atomic mass is 10.2. The predicted octanol–water partition coefficient (Wildman–Crippen LogP) is 3.08. The number of halogens is 1. The number of carbonyl (C=O) groups excluding carboxylic acids is 1. The van der Waals surface area contributed by atoms with E-state index < -0.39 is 5.97 Å². The molecule has 0 aromatic heterocycles. The maximum Gasteiger partial charge on any atom is 0.337 e. The van der Waals surface area contributed by atoms with Gasteiger partial charge >= 0.3 is 12.0 Å². The smallest absolute Gasteiger partial charge is 0.337 e. The molecule has 0 spiro atoms. The van der Waals surface area contributed by atoms with Crippen molar-refractivity contribution in [3.05, 3.63) is 40.9 Å². The molecule has 5 nitrogen and oxygen atoms in total. The third kappa shape index (κ3) is 4.30. The van der Waals surface area contributed by atoms with Crippen molar-refractivity contribution >= 4 is 29.3 Å². The highest BCUT2D eigenvalue weighted by atomic mass is 35.5. The van der Waals surface area contributed by atoms with Gasteiger partial charge in [-0.05, 0) is 25.1 Å². The number of aromatic carboxylic acids is 1. The zero-order valence-corrected chi connectivity index (χ0v) is 11.5. The van der Waals surface area contributed by atoms with Crippen LogP contribution in [0.15, 0.2) is 30.4 Å². The lowest BCUT2D eigenvalue weighted by molar-refractivity contribution is 0.0697. The van der Waals surface area contributed by atoms with Crippen LogP contribution in [0.1, 0.15) is 17.3 Å². The lowest BCUT2D eigenvalue weighted by Gasteiger charge is -2.18. The number of hydrogen-bond donors (Lipinski definition) is 2. The van der Waals surface area contributed by atoms with E-state index in [1.807, 2.05) is 6.92 Å². The topological polar surface area (TPSA) is 69.6 Å². The quantitative estimate of drug-likeness (QED) is 0.834. The van der Waals surface area contributed by atoms with Gasteiger partial charge in [-0.3, -0.25) is 0 Å². The predicted molar refractivity (Wildman–Crippen MR) is 74.9 cm³/mol. The van der Waals surface area contributed by atoms with E-state index >= 15 is 0 Å². The van der Waals surface area contributed by atoms with Gasteiger partial charge in [0, 0.05) is 19.3 Å². The summed E-state index contributed by atoms with van der Waals surface area (Å²) in [4.78, 5) is 24.2. The Morgan fingerprint density at radius 1 is 1.47 bits per heavy atom. The van der Waals surface area contributed by atoms with Gasteiger partial charge in [0.2, 0.25) is 0 Å². The molecule has 0 aliphatic rings. The molecule has 1 aromatic carbocycles. The maximum absolute atomic E-state index is 11.8. The molecule has 0 aliphatic carbocycles. The van der Waals surface area contributed by atoms with E-state index in [1.165, 1.54) is 17.0 Å². The summed E-state index contributed by atoms with van der Waals surface area (Å²) in [5.74, 6) is -1.14. The first-order valence-corrected chi connectivity index (χ1v) is 5.88. The number of hydrogen-bond acceptors (Lipinski definition) is 2. The zero-order valence-electron chi connectivity index (χ0n) is 10.7. The SMILES string of the molecule is C=C(C)CN(C)C(=O)Nc1ccc(Cl)c(C(=O)O)c1. The monoisotopic (exact) mass is 282 g/mol. The van der Waals surface area contributed by atoms with E-state index in [4.69, 9.17) is 16.7 Å². The van der Waals surface area contributed by atoms with E-state index in [0.29, 0.717) is 12.2 Å². The molecular weight excluding hydrogens is 268 g/mol. The highest BCUT2D eigenvalue weighted by Crippen LogP contribution is 2.20. The average Bonchev–Trinajstić information content (AvgIpc) is 2.30. The number of amides is 2. The lowest BCUT2D eigenvalue weighted by Crippen LogP contribution is -2.32. The van der Waals surface area contributed by atoms with Crippen LogP contribution in [0.5, 0.6) is 0 Å². The van der Waals surface area contributed by atoms with Crippen LogP contribution in [0.3, 0.4) is 0 Å². The van der Waals surface area contributed by atoms with E-state index in [2.05, 4.69) is 11.9 Å². The summed E-state index contributed by atoms with van der Waals surface area (Å²) < 4.78 is 0. The van der Waals surface area contributed by atoms with Crippen LogP contribution < -0.4 is 5.32 Å². The molecule has 0 fully saturated rings. The van der Waals surface area contributed by atoms with Gasteiger partial charge in [-0.1, -0.05) is 23.8 Å². The van der Waals surface area contributed by atoms with Gasteiger partial charge in [0.05, 0.1) is 10.6 Å². The molecule has 0 heterocycles. The van der Waals surface area contributed by atoms with Crippen LogP contribution in [0.25, 0.3) is 0 Å². The third-order valence-corrected chi connectivity index (χ3v) is 2.63. The van der Waals surface area contributed by atoms with E-state index in [-0.39, 0.29) is 16.6 Å². The molecule has 0 bridgehead atoms. The van der Waals surface area contributed by atoms with Crippen LogP contribution in [-0.2, 0) is 0 Å². The Bertz CT molecular complexity index is 529. The van der Waals surface area contributed by atoms with E-state index in [9.17, 15) is 9.59 Å². The Labute approximate surface area is 116 Å². The summed E-state index contributed by atoms with van der Waals surface area (Å²) >= 11 is 5.74. The number of nitrogens with one attached hydrogen (secondary N) is 1. The molecule has 19 heavy (non-hydrogen) atoms. The van der Waals surface area contributed by atoms with Crippen molar-refractivity contribution in [3.63, 3.8) is 0 Å². The summed E-state index contributed by atoms with van der Waals surface area (Å²) in [6, 6.07) is 3.94. The second-order valence-corrected chi connectivity index (χ2v) is 4.65. The van der Waals surface area contributed by atoms with Crippen LogP contribution in [-0.4, -0.2) is 35.6 Å². The molecule has 102 valence electrons. The third-order valence-electron chi connectivity index (χ3n) is 2.30. The molecule has 0 saturated heterocycles. The van der Waals surface area contributed by atoms with Crippen molar-refractivity contribution < 1.29 is 14.7 Å². The van der Waals surface area contributed by atoms with Crippen molar-refractivity contribution in [2.45, 2.75) is 6.92 Å². The standard InChI is InChI=1S/C13H15ClN2O3/c1-8(2)7-16(3)13(19)15-9-4-5-11(14)10(6-9)12(17)18/h4-6H,1,7H2,2-3H3,(H,15,19)(H,17,18). The first-order chi connectivity index (χ1) is 8.81. The zero-order chi connectivity index (χ0) is 14.6. The van der Waals surface area contributed by atoms with Crippen LogP contribution in [0, 0.1) is 0 Å². The number of anilines is 1. The van der Waals surface area contributed by atoms with Crippen LogP contribution in [0.4, 0.5) is 10.5 Å². The molecule has 0 unspecified atom stereocenters. The number of carboxylic acids is 1. The first-order valence-electron chi connectivity index (χ1n) is 5.50. The van der Waals surface area contributed by atoms with E-state index in [1.54, 1.807) is 13.1 Å². The number of carboxylic acid groups (broad SMARTS) is 1. The van der Waals surface area contributed by atoms with Gasteiger partial charge in [0.15, 0.2) is 0 Å². The largest absolute Gasteiger partial charge is 0.478 e. The van der Waals surface area contributed by atoms with Gasteiger partial charge in [-0.2, -0.15) is 0 Å². The van der Waals surface area contributed by atoms with Crippen LogP contribution >= 0.6 is 11.6 Å². The number of likely N-dealkylation sites (N-methyl/N-ethyl adjacent to an activating group) is 1. The van der Waals surface area contributed by atoms with Gasteiger partial charge in [-0.25, -0.2) is 9.59 Å². The van der Waals surface area contributed by atoms with Gasteiger partial charge in [0.25, 0.3) is 0 Å².